The van der Waals surface area contributed by atoms with Gasteiger partial charge in [0.05, 0.1) is 12.5 Å². The smallest absolute Gasteiger partial charge is 0.0669 e. The molecule has 1 heteroatoms. The van der Waals surface area contributed by atoms with Gasteiger partial charge in [-0.3, -0.25) is 0 Å². The van der Waals surface area contributed by atoms with Gasteiger partial charge in [0.25, 0.3) is 0 Å². The van der Waals surface area contributed by atoms with Crippen molar-refractivity contribution in [1.29, 1.82) is 5.26 Å². The fourth-order valence-electron chi connectivity index (χ4n) is 2.35. The maximum Gasteiger partial charge on any atom is 0.0669 e. The Balaban J connectivity index is 2.04. The molecule has 0 bridgehead atoms. The Kier molecular flexibility index (Phi) is 5.38. The maximum absolute atomic E-state index is 8.68. The molecular weight excluding hydrogens is 242 g/mol. The van der Waals surface area contributed by atoms with Gasteiger partial charge in [0.15, 0.2) is 0 Å². The minimum atomic E-state index is 0.483. The monoisotopic (exact) mass is 263 g/mol. The first-order valence-corrected chi connectivity index (χ1v) is 7.38. The summed E-state index contributed by atoms with van der Waals surface area (Å²) in [5, 5.41) is 8.68. The molecule has 2 aromatic rings. The predicted octanol–water partition coefficient (Wildman–Crippen LogP) is 5.15. The van der Waals surface area contributed by atoms with Crippen molar-refractivity contribution in [2.45, 2.75) is 39.0 Å². The van der Waals surface area contributed by atoms with Crippen molar-refractivity contribution in [3.05, 3.63) is 59.7 Å². The Morgan fingerprint density at radius 1 is 0.800 bits per heavy atom. The van der Waals surface area contributed by atoms with E-state index in [4.69, 9.17) is 5.26 Å². The minimum absolute atomic E-state index is 0.483. The van der Waals surface area contributed by atoms with E-state index < -0.39 is 0 Å². The normalized spacial score (nSPS) is 10.2. The molecule has 0 aliphatic rings. The van der Waals surface area contributed by atoms with E-state index in [-0.39, 0.29) is 0 Å². The average molecular weight is 263 g/mol. The largest absolute Gasteiger partial charge is 0.198 e. The molecule has 0 fully saturated rings. The quantitative estimate of drug-likeness (QED) is 0.661. The van der Waals surface area contributed by atoms with Crippen LogP contribution in [0.3, 0.4) is 0 Å². The minimum Gasteiger partial charge on any atom is -0.198 e. The molecule has 0 aromatic heterocycles. The van der Waals surface area contributed by atoms with Gasteiger partial charge in [-0.25, -0.2) is 0 Å². The van der Waals surface area contributed by atoms with Gasteiger partial charge >= 0.3 is 0 Å². The van der Waals surface area contributed by atoms with E-state index in [1.165, 1.54) is 42.4 Å². The third-order valence-electron chi connectivity index (χ3n) is 3.59. The highest BCUT2D eigenvalue weighted by Gasteiger charge is 1.99. The molecule has 2 rings (SSSR count). The Hall–Kier alpha value is -2.07. The summed E-state index contributed by atoms with van der Waals surface area (Å²) < 4.78 is 0. The topological polar surface area (TPSA) is 23.8 Å². The Labute approximate surface area is 121 Å². The van der Waals surface area contributed by atoms with Crippen LogP contribution in [-0.4, -0.2) is 0 Å². The number of nitriles is 1. The van der Waals surface area contributed by atoms with Crippen LogP contribution in [0.1, 0.15) is 37.3 Å². The van der Waals surface area contributed by atoms with Crippen LogP contribution in [0.4, 0.5) is 0 Å². The second-order valence-electron chi connectivity index (χ2n) is 5.19. The van der Waals surface area contributed by atoms with Crippen molar-refractivity contribution in [2.24, 2.45) is 0 Å². The van der Waals surface area contributed by atoms with Crippen LogP contribution in [0.5, 0.6) is 0 Å². The summed E-state index contributed by atoms with van der Waals surface area (Å²) in [6, 6.07) is 19.3. The van der Waals surface area contributed by atoms with Gasteiger partial charge < -0.3 is 0 Å². The van der Waals surface area contributed by atoms with Crippen LogP contribution in [-0.2, 0) is 12.8 Å². The zero-order chi connectivity index (χ0) is 14.2. The Morgan fingerprint density at radius 3 is 1.85 bits per heavy atom. The van der Waals surface area contributed by atoms with Crippen LogP contribution in [0.15, 0.2) is 48.5 Å². The molecule has 0 N–H and O–H groups in total. The second-order valence-corrected chi connectivity index (χ2v) is 5.19. The van der Waals surface area contributed by atoms with E-state index in [0.29, 0.717) is 6.42 Å². The molecule has 0 heterocycles. The lowest BCUT2D eigenvalue weighted by molar-refractivity contribution is 0.717. The number of nitrogens with zero attached hydrogens (tertiary/aromatic N) is 1. The number of unbranched alkanes of at least 4 members (excludes halogenated alkanes) is 2. The summed E-state index contributed by atoms with van der Waals surface area (Å²) in [6.45, 7) is 2.24. The summed E-state index contributed by atoms with van der Waals surface area (Å²) in [5.41, 5.74) is 4.95. The third kappa shape index (κ3) is 3.96. The van der Waals surface area contributed by atoms with Crippen LogP contribution >= 0.6 is 0 Å². The summed E-state index contributed by atoms with van der Waals surface area (Å²) >= 11 is 0. The molecule has 0 radical (unpaired) electrons. The number of hydrogen-bond acceptors (Lipinski definition) is 1. The molecule has 0 aliphatic carbocycles. The summed E-state index contributed by atoms with van der Waals surface area (Å²) in [5.74, 6) is 0. The highest BCUT2D eigenvalue weighted by atomic mass is 14.2. The molecule has 2 aromatic carbocycles. The maximum atomic E-state index is 8.68. The molecular formula is C19H21N. The first kappa shape index (κ1) is 14.3. The number of hydrogen-bond donors (Lipinski definition) is 0. The highest BCUT2D eigenvalue weighted by Crippen LogP contribution is 2.21. The zero-order valence-electron chi connectivity index (χ0n) is 12.1. The van der Waals surface area contributed by atoms with Crippen LogP contribution in [0.2, 0.25) is 0 Å². The SMILES string of the molecule is CCCCCc1ccc(-c2ccc(CC#N)cc2)cc1. The molecule has 0 spiro atoms. The van der Waals surface area contributed by atoms with Crippen molar-refractivity contribution < 1.29 is 0 Å². The van der Waals surface area contributed by atoms with Gasteiger partial charge in [-0.2, -0.15) is 5.26 Å². The summed E-state index contributed by atoms with van der Waals surface area (Å²) in [7, 11) is 0. The van der Waals surface area contributed by atoms with E-state index in [2.05, 4.69) is 49.4 Å². The van der Waals surface area contributed by atoms with Gasteiger partial charge in [-0.05, 0) is 35.1 Å². The predicted molar refractivity (Wildman–Crippen MR) is 84.4 cm³/mol. The van der Waals surface area contributed by atoms with Crippen molar-refractivity contribution in [2.75, 3.05) is 0 Å². The summed E-state index contributed by atoms with van der Waals surface area (Å²) in [6.07, 6.45) is 5.51. The Bertz CT molecular complexity index is 558. The lowest BCUT2D eigenvalue weighted by Gasteiger charge is -2.05. The Morgan fingerprint density at radius 2 is 1.35 bits per heavy atom. The van der Waals surface area contributed by atoms with Crippen molar-refractivity contribution in [1.82, 2.24) is 0 Å². The average Bonchev–Trinajstić information content (AvgIpc) is 2.49. The second kappa shape index (κ2) is 7.50. The number of aryl methyl sites for hydroxylation is 1. The van der Waals surface area contributed by atoms with Crippen LogP contribution < -0.4 is 0 Å². The lowest BCUT2D eigenvalue weighted by atomic mass is 10.00. The standard InChI is InChI=1S/C19H21N/c1-2-3-4-5-16-6-10-18(11-7-16)19-12-8-17(9-13-19)14-15-20/h6-13H,2-5,14H2,1H3. The molecule has 1 nitrogen and oxygen atoms in total. The highest BCUT2D eigenvalue weighted by molar-refractivity contribution is 5.64. The molecule has 20 heavy (non-hydrogen) atoms. The van der Waals surface area contributed by atoms with Crippen molar-refractivity contribution >= 4 is 0 Å². The summed E-state index contributed by atoms with van der Waals surface area (Å²) in [4.78, 5) is 0. The van der Waals surface area contributed by atoms with Gasteiger partial charge in [-0.15, -0.1) is 0 Å². The fraction of sp³-hybridized carbons (Fsp3) is 0.316. The zero-order valence-corrected chi connectivity index (χ0v) is 12.1. The van der Waals surface area contributed by atoms with E-state index >= 15 is 0 Å². The van der Waals surface area contributed by atoms with Gasteiger partial charge in [0.2, 0.25) is 0 Å². The van der Waals surface area contributed by atoms with Crippen molar-refractivity contribution in [3.8, 4) is 17.2 Å². The first-order valence-electron chi connectivity index (χ1n) is 7.38. The van der Waals surface area contributed by atoms with Gasteiger partial charge in [0.1, 0.15) is 0 Å². The van der Waals surface area contributed by atoms with Crippen LogP contribution in [0, 0.1) is 11.3 Å². The molecule has 0 unspecified atom stereocenters. The van der Waals surface area contributed by atoms with Gasteiger partial charge in [0, 0.05) is 0 Å². The van der Waals surface area contributed by atoms with E-state index in [0.717, 1.165) is 5.56 Å². The van der Waals surface area contributed by atoms with E-state index in [1.54, 1.807) is 0 Å². The molecule has 0 saturated carbocycles. The van der Waals surface area contributed by atoms with Crippen molar-refractivity contribution in [3.63, 3.8) is 0 Å². The van der Waals surface area contributed by atoms with Crippen LogP contribution in [0.25, 0.3) is 11.1 Å². The molecule has 102 valence electrons. The first-order chi connectivity index (χ1) is 9.83. The molecule has 0 aliphatic heterocycles. The number of rotatable bonds is 6. The molecule has 0 amide bonds. The lowest BCUT2D eigenvalue weighted by Crippen LogP contribution is -1.86. The van der Waals surface area contributed by atoms with E-state index in [1.807, 2.05) is 12.1 Å². The number of benzene rings is 2. The fourth-order valence-corrected chi connectivity index (χ4v) is 2.35. The van der Waals surface area contributed by atoms with Gasteiger partial charge in [-0.1, -0.05) is 68.3 Å². The molecule has 0 saturated heterocycles. The van der Waals surface area contributed by atoms with E-state index in [9.17, 15) is 0 Å². The third-order valence-corrected chi connectivity index (χ3v) is 3.59. The molecule has 0 atom stereocenters.